The average molecular weight is 174 g/mol. The van der Waals surface area contributed by atoms with E-state index in [2.05, 4.69) is 49.5 Å². The van der Waals surface area contributed by atoms with Gasteiger partial charge in [0.1, 0.15) is 0 Å². The van der Waals surface area contributed by atoms with Crippen molar-refractivity contribution < 1.29 is 0 Å². The van der Waals surface area contributed by atoms with Gasteiger partial charge in [-0.05, 0) is 6.92 Å². The van der Waals surface area contributed by atoms with Crippen LogP contribution in [0.2, 0.25) is 0 Å². The zero-order valence-electron chi connectivity index (χ0n) is 8.70. The van der Waals surface area contributed by atoms with Crippen molar-refractivity contribution in [2.24, 2.45) is 11.8 Å². The number of allylic oxidation sites excluding steroid dienone is 8. The number of hydrogen-bond acceptors (Lipinski definition) is 0. The highest BCUT2D eigenvalue weighted by atomic mass is 14.2. The second-order valence-electron chi connectivity index (χ2n) is 3.19. The summed E-state index contributed by atoms with van der Waals surface area (Å²) in [5, 5.41) is 0. The van der Waals surface area contributed by atoms with E-state index >= 15 is 0 Å². The van der Waals surface area contributed by atoms with Crippen LogP contribution in [0.25, 0.3) is 0 Å². The molecule has 0 saturated heterocycles. The Balaban J connectivity index is 0.000000396. The molecule has 0 nitrogen and oxygen atoms in total. The molecule has 0 aromatic rings. The molecule has 2 rings (SSSR count). The van der Waals surface area contributed by atoms with Crippen LogP contribution < -0.4 is 0 Å². The third-order valence-corrected chi connectivity index (χ3v) is 2.26. The molecule has 2 aliphatic rings. The molecular formula is C13H18. The molecule has 0 aromatic carbocycles. The van der Waals surface area contributed by atoms with Crippen LogP contribution in [0.15, 0.2) is 48.1 Å². The highest BCUT2D eigenvalue weighted by Gasteiger charge is 2.15. The predicted molar refractivity (Wildman–Crippen MR) is 59.5 cm³/mol. The first-order valence-corrected chi connectivity index (χ1v) is 5.08. The van der Waals surface area contributed by atoms with E-state index in [4.69, 9.17) is 0 Å². The molecule has 0 bridgehead atoms. The lowest BCUT2D eigenvalue weighted by Gasteiger charge is -2.21. The molecule has 0 aromatic heterocycles. The Kier molecular flexibility index (Phi) is 3.75. The van der Waals surface area contributed by atoms with E-state index in [0.29, 0.717) is 11.8 Å². The Bertz CT molecular complexity index is 264. The van der Waals surface area contributed by atoms with Crippen molar-refractivity contribution in [2.75, 3.05) is 0 Å². The third-order valence-electron chi connectivity index (χ3n) is 2.26. The van der Waals surface area contributed by atoms with Crippen LogP contribution in [0.3, 0.4) is 0 Å². The number of fused-ring (bicyclic) bond motifs is 1. The molecule has 13 heavy (non-hydrogen) atoms. The summed E-state index contributed by atoms with van der Waals surface area (Å²) in [6.07, 6.45) is 15.6. The Morgan fingerprint density at radius 3 is 2.23 bits per heavy atom. The largest absolute Gasteiger partial charge is 0.0767 e. The van der Waals surface area contributed by atoms with Crippen LogP contribution in [0.5, 0.6) is 0 Å². The summed E-state index contributed by atoms with van der Waals surface area (Å²) in [6, 6.07) is 0. The minimum atomic E-state index is 0.615. The van der Waals surface area contributed by atoms with Crippen LogP contribution in [-0.2, 0) is 0 Å². The second kappa shape index (κ2) is 4.86. The minimum Gasteiger partial charge on any atom is -0.0767 e. The predicted octanol–water partition coefficient (Wildman–Crippen LogP) is 3.89. The van der Waals surface area contributed by atoms with Crippen molar-refractivity contribution in [3.05, 3.63) is 48.1 Å². The summed E-state index contributed by atoms with van der Waals surface area (Å²) in [7, 11) is 0. The van der Waals surface area contributed by atoms with Gasteiger partial charge in [-0.15, -0.1) is 0 Å². The van der Waals surface area contributed by atoms with Gasteiger partial charge in [0, 0.05) is 11.8 Å². The first kappa shape index (κ1) is 10.0. The summed E-state index contributed by atoms with van der Waals surface area (Å²) in [5.41, 5.74) is 1.38. The van der Waals surface area contributed by atoms with Crippen LogP contribution in [0.4, 0.5) is 0 Å². The monoisotopic (exact) mass is 174 g/mol. The molecular weight excluding hydrogens is 156 g/mol. The van der Waals surface area contributed by atoms with E-state index < -0.39 is 0 Å². The number of rotatable bonds is 0. The summed E-state index contributed by atoms with van der Waals surface area (Å²) < 4.78 is 0. The fourth-order valence-corrected chi connectivity index (χ4v) is 1.62. The zero-order chi connectivity index (χ0) is 9.68. The standard InChI is InChI=1S/C11H12.C2H6/c1-9-6-7-10-4-2-3-5-11(10)8-9;1-2/h2-8,10-11H,1H3;1-2H3. The summed E-state index contributed by atoms with van der Waals surface area (Å²) in [6.45, 7) is 6.15. The lowest BCUT2D eigenvalue weighted by atomic mass is 9.83. The van der Waals surface area contributed by atoms with E-state index in [0.717, 1.165) is 0 Å². The Hall–Kier alpha value is -1.04. The summed E-state index contributed by atoms with van der Waals surface area (Å²) in [4.78, 5) is 0. The zero-order valence-corrected chi connectivity index (χ0v) is 8.70. The SMILES string of the molecule is CC.CC1=CC2C=CC=CC2C=C1. The van der Waals surface area contributed by atoms with Gasteiger partial charge in [-0.3, -0.25) is 0 Å². The fourth-order valence-electron chi connectivity index (χ4n) is 1.62. The molecule has 0 N–H and O–H groups in total. The van der Waals surface area contributed by atoms with Crippen LogP contribution in [0.1, 0.15) is 20.8 Å². The Labute approximate surface area is 81.4 Å². The molecule has 0 heterocycles. The minimum absolute atomic E-state index is 0.615. The van der Waals surface area contributed by atoms with Crippen molar-refractivity contribution in [2.45, 2.75) is 20.8 Å². The van der Waals surface area contributed by atoms with E-state index in [-0.39, 0.29) is 0 Å². The molecule has 0 amide bonds. The molecule has 0 spiro atoms. The molecule has 0 fully saturated rings. The summed E-state index contributed by atoms with van der Waals surface area (Å²) >= 11 is 0. The van der Waals surface area contributed by atoms with Gasteiger partial charge in [-0.1, -0.05) is 62.0 Å². The smallest absolute Gasteiger partial charge is 0.00532 e. The Morgan fingerprint density at radius 1 is 0.923 bits per heavy atom. The van der Waals surface area contributed by atoms with Crippen molar-refractivity contribution in [3.63, 3.8) is 0 Å². The summed E-state index contributed by atoms with van der Waals surface area (Å²) in [5.74, 6) is 1.23. The molecule has 0 heteroatoms. The van der Waals surface area contributed by atoms with E-state index in [9.17, 15) is 0 Å². The maximum atomic E-state index is 2.32. The maximum absolute atomic E-state index is 2.32. The van der Waals surface area contributed by atoms with Crippen molar-refractivity contribution in [1.82, 2.24) is 0 Å². The van der Waals surface area contributed by atoms with Crippen LogP contribution >= 0.6 is 0 Å². The van der Waals surface area contributed by atoms with Crippen molar-refractivity contribution in [3.8, 4) is 0 Å². The molecule has 2 aliphatic carbocycles. The van der Waals surface area contributed by atoms with E-state index in [1.165, 1.54) is 5.57 Å². The maximum Gasteiger partial charge on any atom is 0.00532 e. The third kappa shape index (κ3) is 2.45. The highest BCUT2D eigenvalue weighted by Crippen LogP contribution is 2.27. The van der Waals surface area contributed by atoms with Gasteiger partial charge in [-0.25, -0.2) is 0 Å². The van der Waals surface area contributed by atoms with Gasteiger partial charge >= 0.3 is 0 Å². The van der Waals surface area contributed by atoms with E-state index in [1.54, 1.807) is 0 Å². The lowest BCUT2D eigenvalue weighted by molar-refractivity contribution is 0.655. The van der Waals surface area contributed by atoms with Gasteiger partial charge in [0.05, 0.1) is 0 Å². The molecule has 70 valence electrons. The van der Waals surface area contributed by atoms with Crippen LogP contribution in [-0.4, -0.2) is 0 Å². The van der Waals surface area contributed by atoms with Gasteiger partial charge in [0.25, 0.3) is 0 Å². The second-order valence-corrected chi connectivity index (χ2v) is 3.19. The lowest BCUT2D eigenvalue weighted by Crippen LogP contribution is -2.10. The van der Waals surface area contributed by atoms with Gasteiger partial charge in [0.2, 0.25) is 0 Å². The van der Waals surface area contributed by atoms with Gasteiger partial charge in [-0.2, -0.15) is 0 Å². The molecule has 0 aliphatic heterocycles. The molecule has 2 unspecified atom stereocenters. The van der Waals surface area contributed by atoms with Gasteiger partial charge in [0.15, 0.2) is 0 Å². The van der Waals surface area contributed by atoms with Gasteiger partial charge < -0.3 is 0 Å². The normalized spacial score (nSPS) is 28.7. The first-order valence-electron chi connectivity index (χ1n) is 5.08. The topological polar surface area (TPSA) is 0 Å². The highest BCUT2D eigenvalue weighted by molar-refractivity contribution is 5.32. The first-order chi connectivity index (χ1) is 6.36. The average Bonchev–Trinajstić information content (AvgIpc) is 2.21. The Morgan fingerprint density at radius 2 is 1.54 bits per heavy atom. The van der Waals surface area contributed by atoms with E-state index in [1.807, 2.05) is 13.8 Å². The number of hydrogen-bond donors (Lipinski definition) is 0. The van der Waals surface area contributed by atoms with Crippen molar-refractivity contribution in [1.29, 1.82) is 0 Å². The molecule has 0 radical (unpaired) electrons. The van der Waals surface area contributed by atoms with Crippen LogP contribution in [0, 0.1) is 11.8 Å². The quantitative estimate of drug-likeness (QED) is 0.522. The van der Waals surface area contributed by atoms with Crippen molar-refractivity contribution >= 4 is 0 Å². The fraction of sp³-hybridized carbons (Fsp3) is 0.385. The molecule has 0 saturated carbocycles. The molecule has 2 atom stereocenters.